The van der Waals surface area contributed by atoms with Gasteiger partial charge in [-0.25, -0.2) is 4.79 Å². The Kier molecular flexibility index (Phi) is 5.30. The average Bonchev–Trinajstić information content (AvgIpc) is 3.34. The number of benzene rings is 3. The van der Waals surface area contributed by atoms with Crippen molar-refractivity contribution in [2.45, 2.75) is 0 Å². The summed E-state index contributed by atoms with van der Waals surface area (Å²) < 4.78 is 23.7. The molecule has 0 saturated heterocycles. The van der Waals surface area contributed by atoms with Gasteiger partial charge in [-0.2, -0.15) is 0 Å². The SMILES string of the molecule is COc1ccc(C(=O)Oc2ccc3c(c2)OC(=Cc2cn(C)c4ccc(OC)cc24)C3=O)cc1. The van der Waals surface area contributed by atoms with Crippen LogP contribution in [-0.4, -0.2) is 30.5 Å². The number of aromatic nitrogens is 1. The number of aryl methyl sites for hydroxylation is 1. The summed E-state index contributed by atoms with van der Waals surface area (Å²) in [5.41, 5.74) is 2.63. The number of carbonyl (C=O) groups excluding carboxylic acids is 2. The number of rotatable bonds is 5. The van der Waals surface area contributed by atoms with Gasteiger partial charge < -0.3 is 23.5 Å². The molecule has 2 heterocycles. The van der Waals surface area contributed by atoms with Crippen molar-refractivity contribution in [3.05, 3.63) is 89.3 Å². The number of esters is 1. The number of Topliss-reactive ketones (excluding diaryl/α,β-unsaturated/α-hetero) is 1. The molecule has 0 bridgehead atoms. The molecule has 1 aliphatic rings. The lowest BCUT2D eigenvalue weighted by molar-refractivity contribution is 0.0734. The van der Waals surface area contributed by atoms with Crippen LogP contribution >= 0.6 is 0 Å². The molecule has 3 aromatic carbocycles. The molecule has 7 heteroatoms. The van der Waals surface area contributed by atoms with Crippen molar-refractivity contribution >= 4 is 28.7 Å². The third-order valence-electron chi connectivity index (χ3n) is 5.69. The molecule has 0 unspecified atom stereocenters. The molecule has 0 spiro atoms. The molecule has 34 heavy (non-hydrogen) atoms. The van der Waals surface area contributed by atoms with Gasteiger partial charge >= 0.3 is 5.97 Å². The van der Waals surface area contributed by atoms with E-state index in [0.717, 1.165) is 22.2 Å². The lowest BCUT2D eigenvalue weighted by atomic mass is 10.1. The molecule has 0 fully saturated rings. The number of hydrogen-bond acceptors (Lipinski definition) is 6. The summed E-state index contributed by atoms with van der Waals surface area (Å²) >= 11 is 0. The highest BCUT2D eigenvalue weighted by Crippen LogP contribution is 2.36. The summed E-state index contributed by atoms with van der Waals surface area (Å²) in [6.07, 6.45) is 3.64. The van der Waals surface area contributed by atoms with Crippen LogP contribution in [0, 0.1) is 0 Å². The number of hydrogen-bond donors (Lipinski definition) is 0. The molecule has 0 aliphatic carbocycles. The number of ketones is 1. The summed E-state index contributed by atoms with van der Waals surface area (Å²) in [5, 5.41) is 0.941. The van der Waals surface area contributed by atoms with Crippen molar-refractivity contribution < 1.29 is 28.5 Å². The van der Waals surface area contributed by atoms with Gasteiger partial charge in [0.25, 0.3) is 0 Å². The summed E-state index contributed by atoms with van der Waals surface area (Å²) in [6.45, 7) is 0. The van der Waals surface area contributed by atoms with Crippen LogP contribution < -0.4 is 18.9 Å². The summed E-state index contributed by atoms with van der Waals surface area (Å²) in [7, 11) is 5.10. The molecule has 0 saturated carbocycles. The fourth-order valence-electron chi connectivity index (χ4n) is 3.91. The van der Waals surface area contributed by atoms with Crippen LogP contribution in [0.15, 0.2) is 72.6 Å². The molecule has 4 aromatic rings. The van der Waals surface area contributed by atoms with Gasteiger partial charge in [0.15, 0.2) is 5.76 Å². The molecular weight excluding hydrogens is 434 g/mol. The van der Waals surface area contributed by atoms with Crippen LogP contribution in [0.4, 0.5) is 0 Å². The maximum Gasteiger partial charge on any atom is 0.343 e. The molecular formula is C27H21NO6. The minimum Gasteiger partial charge on any atom is -0.497 e. The number of fused-ring (bicyclic) bond motifs is 2. The van der Waals surface area contributed by atoms with Crippen LogP contribution in [0.1, 0.15) is 26.3 Å². The number of nitrogens with zero attached hydrogens (tertiary/aromatic N) is 1. The van der Waals surface area contributed by atoms with Gasteiger partial charge in [0.2, 0.25) is 5.78 Å². The zero-order valence-electron chi connectivity index (χ0n) is 18.8. The van der Waals surface area contributed by atoms with E-state index in [1.807, 2.05) is 36.0 Å². The predicted octanol–water partition coefficient (Wildman–Crippen LogP) is 5.03. The molecule has 0 amide bonds. The maximum atomic E-state index is 12.9. The minimum absolute atomic E-state index is 0.198. The number of methoxy groups -OCH3 is 2. The first-order chi connectivity index (χ1) is 16.5. The predicted molar refractivity (Wildman–Crippen MR) is 127 cm³/mol. The smallest absolute Gasteiger partial charge is 0.343 e. The Hall–Kier alpha value is -4.52. The summed E-state index contributed by atoms with van der Waals surface area (Å²) in [6, 6.07) is 17.1. The van der Waals surface area contributed by atoms with Crippen molar-refractivity contribution in [1.29, 1.82) is 0 Å². The van der Waals surface area contributed by atoms with Crippen LogP contribution in [-0.2, 0) is 7.05 Å². The van der Waals surface area contributed by atoms with Crippen molar-refractivity contribution in [3.63, 3.8) is 0 Å². The van der Waals surface area contributed by atoms with Gasteiger partial charge in [0, 0.05) is 35.8 Å². The van der Waals surface area contributed by atoms with Gasteiger partial charge in [-0.05, 0) is 60.7 Å². The largest absolute Gasteiger partial charge is 0.497 e. The third-order valence-corrected chi connectivity index (χ3v) is 5.69. The second-order valence-corrected chi connectivity index (χ2v) is 7.79. The lowest BCUT2D eigenvalue weighted by Gasteiger charge is -2.06. The highest BCUT2D eigenvalue weighted by molar-refractivity contribution is 6.15. The van der Waals surface area contributed by atoms with Crippen molar-refractivity contribution in [2.75, 3.05) is 14.2 Å². The van der Waals surface area contributed by atoms with Crippen LogP contribution in [0.2, 0.25) is 0 Å². The second-order valence-electron chi connectivity index (χ2n) is 7.79. The van der Waals surface area contributed by atoms with Crippen molar-refractivity contribution in [2.24, 2.45) is 7.05 Å². The van der Waals surface area contributed by atoms with Gasteiger partial charge in [0.05, 0.1) is 25.3 Å². The average molecular weight is 455 g/mol. The maximum absolute atomic E-state index is 12.9. The Morgan fingerprint density at radius 3 is 2.35 bits per heavy atom. The normalized spacial score (nSPS) is 13.6. The molecule has 170 valence electrons. The Morgan fingerprint density at radius 1 is 0.912 bits per heavy atom. The quantitative estimate of drug-likeness (QED) is 0.239. The van der Waals surface area contributed by atoms with E-state index in [9.17, 15) is 9.59 Å². The molecule has 7 nitrogen and oxygen atoms in total. The first kappa shape index (κ1) is 21.3. The van der Waals surface area contributed by atoms with E-state index in [-0.39, 0.29) is 17.3 Å². The highest BCUT2D eigenvalue weighted by Gasteiger charge is 2.28. The summed E-state index contributed by atoms with van der Waals surface area (Å²) in [5.74, 6) is 1.44. The molecule has 1 aliphatic heterocycles. The lowest BCUT2D eigenvalue weighted by Crippen LogP contribution is -2.08. The molecule has 0 atom stereocenters. The zero-order chi connectivity index (χ0) is 23.8. The van der Waals surface area contributed by atoms with E-state index in [1.54, 1.807) is 62.8 Å². The number of carbonyl (C=O) groups is 2. The molecule has 0 radical (unpaired) electrons. The molecule has 5 rings (SSSR count). The fourth-order valence-corrected chi connectivity index (χ4v) is 3.91. The van der Waals surface area contributed by atoms with E-state index < -0.39 is 5.97 Å². The van der Waals surface area contributed by atoms with Crippen LogP contribution in [0.5, 0.6) is 23.0 Å². The van der Waals surface area contributed by atoms with Crippen LogP contribution in [0.25, 0.3) is 17.0 Å². The number of allylic oxidation sites excluding steroid dienone is 1. The van der Waals surface area contributed by atoms with E-state index >= 15 is 0 Å². The van der Waals surface area contributed by atoms with Crippen LogP contribution in [0.3, 0.4) is 0 Å². The molecule has 0 N–H and O–H groups in total. The second kappa shape index (κ2) is 8.44. The minimum atomic E-state index is -0.521. The standard InChI is InChI=1S/C27H21NO6/c1-28-15-17(22-13-19(32-3)9-11-23(22)28)12-25-26(29)21-10-8-20(14-24(21)34-25)33-27(30)16-4-6-18(31-2)7-5-16/h4-15H,1-3H3. The van der Waals surface area contributed by atoms with Crippen molar-refractivity contribution in [3.8, 4) is 23.0 Å². The highest BCUT2D eigenvalue weighted by atomic mass is 16.5. The molecule has 1 aromatic heterocycles. The fraction of sp³-hybridized carbons (Fsp3) is 0.111. The summed E-state index contributed by atoms with van der Waals surface area (Å²) in [4.78, 5) is 25.4. The first-order valence-corrected chi connectivity index (χ1v) is 10.5. The van der Waals surface area contributed by atoms with Gasteiger partial charge in [-0.1, -0.05) is 0 Å². The zero-order valence-corrected chi connectivity index (χ0v) is 18.8. The monoisotopic (exact) mass is 455 g/mol. The van der Waals surface area contributed by atoms with Gasteiger partial charge in [-0.15, -0.1) is 0 Å². The third kappa shape index (κ3) is 3.77. The Morgan fingerprint density at radius 2 is 1.62 bits per heavy atom. The van der Waals surface area contributed by atoms with Gasteiger partial charge in [-0.3, -0.25) is 4.79 Å². The Bertz CT molecular complexity index is 1460. The van der Waals surface area contributed by atoms with E-state index in [4.69, 9.17) is 18.9 Å². The number of ether oxygens (including phenoxy) is 4. The van der Waals surface area contributed by atoms with E-state index in [0.29, 0.717) is 22.6 Å². The van der Waals surface area contributed by atoms with Crippen molar-refractivity contribution in [1.82, 2.24) is 4.57 Å². The Labute approximate surface area is 195 Å². The topological polar surface area (TPSA) is 76.0 Å². The van der Waals surface area contributed by atoms with E-state index in [2.05, 4.69) is 0 Å². The van der Waals surface area contributed by atoms with E-state index in [1.165, 1.54) is 0 Å². The Balaban J connectivity index is 1.40. The first-order valence-electron chi connectivity index (χ1n) is 10.5. The van der Waals surface area contributed by atoms with Gasteiger partial charge in [0.1, 0.15) is 23.0 Å².